The van der Waals surface area contributed by atoms with Gasteiger partial charge in [-0.15, -0.1) is 0 Å². The van der Waals surface area contributed by atoms with Crippen LogP contribution in [-0.4, -0.2) is 9.38 Å². The fourth-order valence-corrected chi connectivity index (χ4v) is 2.56. The Hall–Kier alpha value is -1.71. The van der Waals surface area contributed by atoms with E-state index in [1.54, 1.807) is 6.07 Å². The van der Waals surface area contributed by atoms with E-state index >= 15 is 0 Å². The molecule has 0 saturated carbocycles. The number of benzene rings is 1. The number of aryl methyl sites for hydroxylation is 1. The van der Waals surface area contributed by atoms with Gasteiger partial charge in [0.2, 0.25) is 0 Å². The second-order valence-corrected chi connectivity index (χ2v) is 5.09. The largest absolute Gasteiger partial charge is 0.383 e. The number of rotatable bonds is 1. The lowest BCUT2D eigenvalue weighted by Crippen LogP contribution is -1.97. The lowest BCUT2D eigenvalue weighted by atomic mass is 10.1. The molecule has 19 heavy (non-hydrogen) atoms. The van der Waals surface area contributed by atoms with E-state index in [4.69, 9.17) is 28.9 Å². The summed E-state index contributed by atoms with van der Waals surface area (Å²) in [5.74, 6) is 0.567. The maximum Gasteiger partial charge on any atom is 0.139 e. The number of nitrogen functional groups attached to an aromatic ring is 1. The highest BCUT2D eigenvalue weighted by Crippen LogP contribution is 2.36. The van der Waals surface area contributed by atoms with Crippen LogP contribution in [0, 0.1) is 6.92 Å². The Morgan fingerprint density at radius 3 is 2.58 bits per heavy atom. The van der Waals surface area contributed by atoms with Crippen molar-refractivity contribution in [2.24, 2.45) is 0 Å². The van der Waals surface area contributed by atoms with E-state index in [0.29, 0.717) is 21.6 Å². The van der Waals surface area contributed by atoms with Gasteiger partial charge >= 0.3 is 0 Å². The Morgan fingerprint density at radius 2 is 1.84 bits per heavy atom. The molecule has 0 spiro atoms. The second-order valence-electron chi connectivity index (χ2n) is 4.31. The SMILES string of the molecule is Cc1cccc2nc(-c3cccc(Cl)c3Cl)c(N)n12. The predicted molar refractivity (Wildman–Crippen MR) is 79.8 cm³/mol. The molecule has 0 aliphatic heterocycles. The molecule has 2 heterocycles. The molecule has 0 aliphatic rings. The van der Waals surface area contributed by atoms with Crippen molar-refractivity contribution in [3.8, 4) is 11.3 Å². The van der Waals surface area contributed by atoms with E-state index in [-0.39, 0.29) is 0 Å². The van der Waals surface area contributed by atoms with Gasteiger partial charge in [0.25, 0.3) is 0 Å². The summed E-state index contributed by atoms with van der Waals surface area (Å²) in [5.41, 5.74) is 9.40. The van der Waals surface area contributed by atoms with Gasteiger partial charge in [0, 0.05) is 11.3 Å². The molecule has 0 fully saturated rings. The first-order valence-corrected chi connectivity index (χ1v) is 6.53. The predicted octanol–water partition coefficient (Wildman–Crippen LogP) is 4.20. The molecule has 96 valence electrons. The molecule has 3 rings (SSSR count). The molecule has 0 atom stereocenters. The van der Waals surface area contributed by atoms with Crippen LogP contribution in [0.15, 0.2) is 36.4 Å². The van der Waals surface area contributed by atoms with Gasteiger partial charge in [0.1, 0.15) is 17.2 Å². The zero-order valence-corrected chi connectivity index (χ0v) is 11.7. The lowest BCUT2D eigenvalue weighted by molar-refractivity contribution is 1.10. The number of nitrogens with two attached hydrogens (primary N) is 1. The quantitative estimate of drug-likeness (QED) is 0.730. The minimum atomic E-state index is 0.469. The van der Waals surface area contributed by atoms with Crippen LogP contribution in [0.5, 0.6) is 0 Å². The molecule has 0 unspecified atom stereocenters. The van der Waals surface area contributed by atoms with Gasteiger partial charge in [0.15, 0.2) is 0 Å². The Balaban J connectivity index is 2.35. The number of fused-ring (bicyclic) bond motifs is 1. The third-order valence-corrected chi connectivity index (χ3v) is 3.90. The third-order valence-electron chi connectivity index (χ3n) is 3.08. The van der Waals surface area contributed by atoms with Gasteiger partial charge in [0.05, 0.1) is 10.0 Å². The first kappa shape index (κ1) is 12.3. The van der Waals surface area contributed by atoms with Crippen LogP contribution in [0.4, 0.5) is 5.82 Å². The minimum absolute atomic E-state index is 0.469. The molecule has 2 aromatic heterocycles. The third kappa shape index (κ3) is 1.86. The molecule has 3 aromatic rings. The van der Waals surface area contributed by atoms with Crippen LogP contribution >= 0.6 is 23.2 Å². The number of imidazole rings is 1. The maximum atomic E-state index is 6.23. The van der Waals surface area contributed by atoms with Gasteiger partial charge in [-0.1, -0.05) is 41.4 Å². The molecular formula is C14H11Cl2N3. The first-order chi connectivity index (χ1) is 9.09. The summed E-state index contributed by atoms with van der Waals surface area (Å²) in [5, 5.41) is 0.962. The average molecular weight is 292 g/mol. The Labute approximate surface area is 120 Å². The van der Waals surface area contributed by atoms with E-state index in [1.165, 1.54) is 0 Å². The van der Waals surface area contributed by atoms with Crippen LogP contribution in [0.2, 0.25) is 10.0 Å². The zero-order valence-electron chi connectivity index (χ0n) is 10.2. The van der Waals surface area contributed by atoms with Crippen molar-refractivity contribution in [2.45, 2.75) is 6.92 Å². The summed E-state index contributed by atoms with van der Waals surface area (Å²) in [6.07, 6.45) is 0. The van der Waals surface area contributed by atoms with Gasteiger partial charge < -0.3 is 5.73 Å². The van der Waals surface area contributed by atoms with Crippen LogP contribution in [0.3, 0.4) is 0 Å². The summed E-state index contributed by atoms with van der Waals surface area (Å²) in [4.78, 5) is 4.54. The Morgan fingerprint density at radius 1 is 1.11 bits per heavy atom. The average Bonchev–Trinajstić information content (AvgIpc) is 2.72. The van der Waals surface area contributed by atoms with Crippen LogP contribution in [-0.2, 0) is 0 Å². The highest BCUT2D eigenvalue weighted by molar-refractivity contribution is 6.43. The van der Waals surface area contributed by atoms with Gasteiger partial charge in [-0.05, 0) is 25.1 Å². The molecule has 0 radical (unpaired) electrons. The number of anilines is 1. The maximum absolute atomic E-state index is 6.23. The number of hydrogen-bond donors (Lipinski definition) is 1. The van der Waals surface area contributed by atoms with Crippen molar-refractivity contribution in [1.82, 2.24) is 9.38 Å². The standard InChI is InChI=1S/C14H11Cl2N3/c1-8-4-2-7-11-18-13(14(17)19(8)11)9-5-3-6-10(15)12(9)16/h2-7H,17H2,1H3. The molecule has 3 nitrogen and oxygen atoms in total. The smallest absolute Gasteiger partial charge is 0.139 e. The highest BCUT2D eigenvalue weighted by Gasteiger charge is 2.16. The summed E-state index contributed by atoms with van der Waals surface area (Å²) in [7, 11) is 0. The molecule has 0 aliphatic carbocycles. The summed E-state index contributed by atoms with van der Waals surface area (Å²) in [6, 6.07) is 11.3. The summed E-state index contributed by atoms with van der Waals surface area (Å²) >= 11 is 12.3. The van der Waals surface area contributed by atoms with E-state index in [1.807, 2.05) is 41.7 Å². The number of halogens is 2. The van der Waals surface area contributed by atoms with Crippen LogP contribution < -0.4 is 5.73 Å². The fraction of sp³-hybridized carbons (Fsp3) is 0.0714. The Bertz CT molecular complexity index is 778. The highest BCUT2D eigenvalue weighted by atomic mass is 35.5. The minimum Gasteiger partial charge on any atom is -0.383 e. The van der Waals surface area contributed by atoms with Gasteiger partial charge in [-0.3, -0.25) is 4.40 Å². The van der Waals surface area contributed by atoms with Gasteiger partial charge in [-0.2, -0.15) is 0 Å². The van der Waals surface area contributed by atoms with E-state index in [2.05, 4.69) is 4.98 Å². The first-order valence-electron chi connectivity index (χ1n) is 5.77. The van der Waals surface area contributed by atoms with Crippen LogP contribution in [0.25, 0.3) is 16.9 Å². The normalized spacial score (nSPS) is 11.1. The number of aromatic nitrogens is 2. The lowest BCUT2D eigenvalue weighted by Gasteiger charge is -2.04. The fourth-order valence-electron chi connectivity index (χ4n) is 2.17. The Kier molecular flexibility index (Phi) is 2.88. The topological polar surface area (TPSA) is 43.3 Å². The molecule has 2 N–H and O–H groups in total. The van der Waals surface area contributed by atoms with E-state index in [0.717, 1.165) is 16.9 Å². The molecular weight excluding hydrogens is 281 g/mol. The molecule has 5 heteroatoms. The number of hydrogen-bond acceptors (Lipinski definition) is 2. The zero-order chi connectivity index (χ0) is 13.6. The number of nitrogens with zero attached hydrogens (tertiary/aromatic N) is 2. The van der Waals surface area contributed by atoms with Crippen molar-refractivity contribution in [1.29, 1.82) is 0 Å². The molecule has 0 bridgehead atoms. The monoisotopic (exact) mass is 291 g/mol. The van der Waals surface area contributed by atoms with Gasteiger partial charge in [-0.25, -0.2) is 4.98 Å². The van der Waals surface area contributed by atoms with Crippen molar-refractivity contribution in [3.05, 3.63) is 52.1 Å². The van der Waals surface area contributed by atoms with E-state index < -0.39 is 0 Å². The molecule has 1 aromatic carbocycles. The number of pyridine rings is 1. The summed E-state index contributed by atoms with van der Waals surface area (Å²) < 4.78 is 1.90. The van der Waals surface area contributed by atoms with Crippen molar-refractivity contribution < 1.29 is 0 Å². The molecule has 0 saturated heterocycles. The summed E-state index contributed by atoms with van der Waals surface area (Å²) in [6.45, 7) is 1.98. The van der Waals surface area contributed by atoms with Crippen molar-refractivity contribution in [3.63, 3.8) is 0 Å². The van der Waals surface area contributed by atoms with Crippen LogP contribution in [0.1, 0.15) is 5.69 Å². The van der Waals surface area contributed by atoms with E-state index in [9.17, 15) is 0 Å². The molecule has 0 amide bonds. The second kappa shape index (κ2) is 4.44. The van der Waals surface area contributed by atoms with Crippen molar-refractivity contribution >= 4 is 34.7 Å². The van der Waals surface area contributed by atoms with Crippen molar-refractivity contribution in [2.75, 3.05) is 5.73 Å².